The van der Waals surface area contributed by atoms with Crippen molar-refractivity contribution >= 4 is 5.52 Å². The Kier molecular flexibility index (Phi) is 2.85. The molecule has 0 aromatic carbocycles. The number of likely N-dealkylation sites (N-methyl/N-ethyl adjacent to an activating group) is 1. The van der Waals surface area contributed by atoms with E-state index in [1.54, 1.807) is 0 Å². The van der Waals surface area contributed by atoms with Gasteiger partial charge in [0.15, 0.2) is 0 Å². The predicted octanol–water partition coefficient (Wildman–Crippen LogP) is 2.36. The van der Waals surface area contributed by atoms with E-state index in [1.165, 1.54) is 30.7 Å². The second-order valence-electron chi connectivity index (χ2n) is 4.80. The first-order valence-corrected chi connectivity index (χ1v) is 6.53. The number of nitrogens with zero attached hydrogens (tertiary/aromatic N) is 3. The minimum Gasteiger partial charge on any atom is -0.304 e. The van der Waals surface area contributed by atoms with Crippen molar-refractivity contribution < 1.29 is 0 Å². The summed E-state index contributed by atoms with van der Waals surface area (Å²) >= 11 is 0. The third-order valence-corrected chi connectivity index (χ3v) is 3.84. The molecule has 0 bridgehead atoms. The van der Waals surface area contributed by atoms with Crippen molar-refractivity contribution in [1.29, 1.82) is 0 Å². The summed E-state index contributed by atoms with van der Waals surface area (Å²) in [6.45, 7) is 4.67. The van der Waals surface area contributed by atoms with Crippen molar-refractivity contribution in [2.24, 2.45) is 0 Å². The van der Waals surface area contributed by atoms with Gasteiger partial charge in [-0.1, -0.05) is 13.0 Å². The summed E-state index contributed by atoms with van der Waals surface area (Å²) in [6, 6.07) is 6.94. The van der Waals surface area contributed by atoms with Crippen LogP contribution in [0.2, 0.25) is 0 Å². The number of likely N-dealkylation sites (tertiary alicyclic amines) is 1. The fourth-order valence-electron chi connectivity index (χ4n) is 2.90. The smallest absolute Gasteiger partial charge is 0.114 e. The number of hydrogen-bond donors (Lipinski definition) is 0. The Bertz CT molecular complexity index is 503. The highest BCUT2D eigenvalue weighted by Gasteiger charge is 2.24. The van der Waals surface area contributed by atoms with Gasteiger partial charge in [0, 0.05) is 18.7 Å². The summed E-state index contributed by atoms with van der Waals surface area (Å²) in [4.78, 5) is 7.14. The molecule has 1 aliphatic rings. The molecule has 3 nitrogen and oxygen atoms in total. The lowest BCUT2D eigenvalue weighted by molar-refractivity contribution is 0.263. The van der Waals surface area contributed by atoms with Gasteiger partial charge in [0.05, 0.1) is 11.7 Å². The zero-order chi connectivity index (χ0) is 11.7. The van der Waals surface area contributed by atoms with Gasteiger partial charge in [0.1, 0.15) is 5.82 Å². The molecule has 17 heavy (non-hydrogen) atoms. The molecule has 1 aliphatic heterocycles. The molecule has 1 fully saturated rings. The van der Waals surface area contributed by atoms with Gasteiger partial charge in [0.2, 0.25) is 0 Å². The lowest BCUT2D eigenvalue weighted by atomic mass is 10.1. The van der Waals surface area contributed by atoms with E-state index in [-0.39, 0.29) is 0 Å². The molecule has 0 saturated carbocycles. The van der Waals surface area contributed by atoms with Gasteiger partial charge in [-0.2, -0.15) is 0 Å². The van der Waals surface area contributed by atoms with Crippen molar-refractivity contribution in [2.75, 3.05) is 13.1 Å². The number of imidazole rings is 1. The van der Waals surface area contributed by atoms with Gasteiger partial charge in [-0.3, -0.25) is 0 Å². The molecule has 2 aromatic rings. The highest BCUT2D eigenvalue weighted by molar-refractivity contribution is 5.45. The molecule has 0 aliphatic carbocycles. The number of rotatable bonds is 3. The fraction of sp³-hybridized carbons (Fsp3) is 0.500. The van der Waals surface area contributed by atoms with Crippen LogP contribution in [-0.2, 0) is 6.42 Å². The van der Waals surface area contributed by atoms with Crippen LogP contribution in [0.3, 0.4) is 0 Å². The highest BCUT2D eigenvalue weighted by Crippen LogP contribution is 2.20. The van der Waals surface area contributed by atoms with Crippen molar-refractivity contribution in [3.63, 3.8) is 0 Å². The summed E-state index contributed by atoms with van der Waals surface area (Å²) in [6.07, 6.45) is 7.81. The molecular formula is C14H19N3. The van der Waals surface area contributed by atoms with Gasteiger partial charge < -0.3 is 9.30 Å². The highest BCUT2D eigenvalue weighted by atomic mass is 15.2. The molecular weight excluding hydrogens is 210 g/mol. The lowest BCUT2D eigenvalue weighted by Crippen LogP contribution is -2.31. The predicted molar refractivity (Wildman–Crippen MR) is 69.2 cm³/mol. The second-order valence-corrected chi connectivity index (χ2v) is 4.80. The average Bonchev–Trinajstić information content (AvgIpc) is 2.97. The van der Waals surface area contributed by atoms with Crippen molar-refractivity contribution in [3.05, 3.63) is 36.4 Å². The van der Waals surface area contributed by atoms with Gasteiger partial charge >= 0.3 is 0 Å². The quantitative estimate of drug-likeness (QED) is 0.805. The van der Waals surface area contributed by atoms with Gasteiger partial charge in [-0.25, -0.2) is 4.98 Å². The van der Waals surface area contributed by atoms with Crippen molar-refractivity contribution in [2.45, 2.75) is 32.2 Å². The Balaban J connectivity index is 1.85. The Morgan fingerprint density at radius 1 is 1.41 bits per heavy atom. The first-order chi connectivity index (χ1) is 8.38. The zero-order valence-corrected chi connectivity index (χ0v) is 10.3. The molecule has 0 radical (unpaired) electrons. The van der Waals surface area contributed by atoms with Crippen LogP contribution in [0.25, 0.3) is 5.52 Å². The zero-order valence-electron chi connectivity index (χ0n) is 10.3. The van der Waals surface area contributed by atoms with E-state index in [0.29, 0.717) is 6.04 Å². The van der Waals surface area contributed by atoms with Crippen molar-refractivity contribution in [3.8, 4) is 0 Å². The average molecular weight is 229 g/mol. The van der Waals surface area contributed by atoms with Crippen LogP contribution < -0.4 is 0 Å². The Morgan fingerprint density at radius 2 is 2.35 bits per heavy atom. The molecule has 1 unspecified atom stereocenters. The molecule has 1 saturated heterocycles. The van der Waals surface area contributed by atoms with E-state index >= 15 is 0 Å². The molecule has 2 aromatic heterocycles. The Morgan fingerprint density at radius 3 is 3.24 bits per heavy atom. The first-order valence-electron chi connectivity index (χ1n) is 6.53. The van der Waals surface area contributed by atoms with Crippen LogP contribution in [0.1, 0.15) is 25.6 Å². The van der Waals surface area contributed by atoms with E-state index in [2.05, 4.69) is 45.6 Å². The molecule has 1 atom stereocenters. The maximum Gasteiger partial charge on any atom is 0.114 e. The summed E-state index contributed by atoms with van der Waals surface area (Å²) in [5.41, 5.74) is 1.20. The van der Waals surface area contributed by atoms with Crippen LogP contribution >= 0.6 is 0 Å². The largest absolute Gasteiger partial charge is 0.304 e. The van der Waals surface area contributed by atoms with E-state index in [1.807, 2.05) is 6.20 Å². The monoisotopic (exact) mass is 229 g/mol. The normalized spacial score (nSPS) is 21.4. The molecule has 3 heteroatoms. The van der Waals surface area contributed by atoms with E-state index in [0.717, 1.165) is 13.0 Å². The molecule has 3 heterocycles. The van der Waals surface area contributed by atoms with E-state index in [4.69, 9.17) is 0 Å². The van der Waals surface area contributed by atoms with Gasteiger partial charge in [-0.15, -0.1) is 0 Å². The second kappa shape index (κ2) is 4.49. The number of aromatic nitrogens is 2. The van der Waals surface area contributed by atoms with Gasteiger partial charge in [-0.05, 0) is 38.1 Å². The molecule has 90 valence electrons. The third kappa shape index (κ3) is 1.95. The SMILES string of the molecule is CCN1CCCC1Cc1ncc2ccccn12. The van der Waals surface area contributed by atoms with Crippen LogP contribution in [0.15, 0.2) is 30.6 Å². The van der Waals surface area contributed by atoms with Crippen LogP contribution in [0.4, 0.5) is 0 Å². The molecule has 0 amide bonds. The number of fused-ring (bicyclic) bond motifs is 1. The Hall–Kier alpha value is -1.35. The lowest BCUT2D eigenvalue weighted by Gasteiger charge is -2.21. The topological polar surface area (TPSA) is 20.5 Å². The summed E-state index contributed by atoms with van der Waals surface area (Å²) in [5.74, 6) is 1.20. The molecule has 0 N–H and O–H groups in total. The first kappa shape index (κ1) is 10.8. The number of pyridine rings is 1. The minimum absolute atomic E-state index is 0.686. The van der Waals surface area contributed by atoms with Crippen molar-refractivity contribution in [1.82, 2.24) is 14.3 Å². The molecule has 3 rings (SSSR count). The minimum atomic E-state index is 0.686. The maximum atomic E-state index is 4.56. The van der Waals surface area contributed by atoms with E-state index in [9.17, 15) is 0 Å². The maximum absolute atomic E-state index is 4.56. The van der Waals surface area contributed by atoms with Crippen LogP contribution in [0.5, 0.6) is 0 Å². The third-order valence-electron chi connectivity index (χ3n) is 3.84. The standard InChI is InChI=1S/C14H19N3/c1-2-16-8-5-7-12(16)10-14-15-11-13-6-3-4-9-17(13)14/h3-4,6,9,11-12H,2,5,7-8,10H2,1H3. The van der Waals surface area contributed by atoms with Gasteiger partial charge in [0.25, 0.3) is 0 Å². The fourth-order valence-corrected chi connectivity index (χ4v) is 2.90. The summed E-state index contributed by atoms with van der Waals surface area (Å²) < 4.78 is 2.21. The molecule has 0 spiro atoms. The van der Waals surface area contributed by atoms with Crippen LogP contribution in [0, 0.1) is 0 Å². The Labute approximate surface area is 102 Å². The van der Waals surface area contributed by atoms with E-state index < -0.39 is 0 Å². The summed E-state index contributed by atoms with van der Waals surface area (Å²) in [7, 11) is 0. The summed E-state index contributed by atoms with van der Waals surface area (Å²) in [5, 5.41) is 0. The van der Waals surface area contributed by atoms with Crippen LogP contribution in [-0.4, -0.2) is 33.4 Å². The number of hydrogen-bond acceptors (Lipinski definition) is 2.